The summed E-state index contributed by atoms with van der Waals surface area (Å²) < 4.78 is 0. The first kappa shape index (κ1) is 14.8. The van der Waals surface area contributed by atoms with Crippen LogP contribution in [-0.2, 0) is 0 Å². The molecule has 0 N–H and O–H groups in total. The molecule has 1 saturated heterocycles. The van der Waals surface area contributed by atoms with Crippen LogP contribution < -0.4 is 9.80 Å². The third-order valence-corrected chi connectivity index (χ3v) is 4.25. The number of aromatic nitrogens is 2. The Labute approximate surface area is 132 Å². The summed E-state index contributed by atoms with van der Waals surface area (Å²) in [6.07, 6.45) is 2.51. The molecule has 2 aromatic rings. The van der Waals surface area contributed by atoms with Gasteiger partial charge >= 0.3 is 0 Å². The average Bonchev–Trinajstić information content (AvgIpc) is 3.11. The number of hydrogen-bond acceptors (Lipinski definition) is 4. The Morgan fingerprint density at radius 3 is 2.32 bits per heavy atom. The Hall–Kier alpha value is -2.10. The molecule has 0 unspecified atom stereocenters. The van der Waals surface area contributed by atoms with E-state index < -0.39 is 0 Å². The van der Waals surface area contributed by atoms with Gasteiger partial charge in [0.05, 0.1) is 0 Å². The zero-order valence-electron chi connectivity index (χ0n) is 13.5. The Balaban J connectivity index is 2.04. The van der Waals surface area contributed by atoms with Crippen LogP contribution in [0.4, 0.5) is 11.6 Å². The third-order valence-electron chi connectivity index (χ3n) is 4.25. The molecule has 1 aromatic heterocycles. The molecule has 0 radical (unpaired) electrons. The zero-order chi connectivity index (χ0) is 15.4. The zero-order valence-corrected chi connectivity index (χ0v) is 13.5. The van der Waals surface area contributed by atoms with Crippen LogP contribution in [-0.4, -0.2) is 36.1 Å². The molecule has 4 nitrogen and oxygen atoms in total. The van der Waals surface area contributed by atoms with Gasteiger partial charge in [-0.15, -0.1) is 0 Å². The summed E-state index contributed by atoms with van der Waals surface area (Å²) in [7, 11) is 0. The van der Waals surface area contributed by atoms with Crippen LogP contribution in [0.5, 0.6) is 0 Å². The smallest absolute Gasteiger partial charge is 0.163 e. The van der Waals surface area contributed by atoms with Crippen molar-refractivity contribution < 1.29 is 0 Å². The first-order chi connectivity index (χ1) is 10.8. The molecular weight excluding hydrogens is 272 g/mol. The van der Waals surface area contributed by atoms with Gasteiger partial charge in [0.1, 0.15) is 11.6 Å². The lowest BCUT2D eigenvalue weighted by Crippen LogP contribution is -2.25. The van der Waals surface area contributed by atoms with E-state index in [1.807, 2.05) is 18.2 Å². The van der Waals surface area contributed by atoms with Crippen molar-refractivity contribution in [2.24, 2.45) is 0 Å². The predicted molar refractivity (Wildman–Crippen MR) is 92.5 cm³/mol. The van der Waals surface area contributed by atoms with Gasteiger partial charge in [-0.1, -0.05) is 30.3 Å². The van der Waals surface area contributed by atoms with Crippen molar-refractivity contribution in [2.45, 2.75) is 26.7 Å². The van der Waals surface area contributed by atoms with Crippen LogP contribution in [0, 0.1) is 0 Å². The monoisotopic (exact) mass is 296 g/mol. The van der Waals surface area contributed by atoms with Crippen molar-refractivity contribution in [1.82, 2.24) is 9.97 Å². The minimum atomic E-state index is 0.826. The lowest BCUT2D eigenvalue weighted by Gasteiger charge is -2.23. The summed E-state index contributed by atoms with van der Waals surface area (Å²) in [4.78, 5) is 14.3. The maximum atomic E-state index is 4.82. The molecule has 0 atom stereocenters. The second kappa shape index (κ2) is 6.77. The lowest BCUT2D eigenvalue weighted by molar-refractivity contribution is 0.837. The second-order valence-corrected chi connectivity index (χ2v) is 5.64. The molecule has 0 aliphatic carbocycles. The molecule has 0 bridgehead atoms. The van der Waals surface area contributed by atoms with Crippen LogP contribution in [0.1, 0.15) is 26.7 Å². The van der Waals surface area contributed by atoms with E-state index in [4.69, 9.17) is 9.97 Å². The molecular formula is C18H24N4. The van der Waals surface area contributed by atoms with E-state index in [9.17, 15) is 0 Å². The highest BCUT2D eigenvalue weighted by Gasteiger charge is 2.17. The largest absolute Gasteiger partial charge is 0.357 e. The van der Waals surface area contributed by atoms with Crippen molar-refractivity contribution in [1.29, 1.82) is 0 Å². The standard InChI is InChI=1S/C18H24N4/c1-3-21(4-2)16-14-17(22-12-8-9-13-22)20-18(19-16)15-10-6-5-7-11-15/h5-7,10-11,14H,3-4,8-9,12-13H2,1-2H3. The summed E-state index contributed by atoms with van der Waals surface area (Å²) in [5.74, 6) is 2.92. The van der Waals surface area contributed by atoms with Crippen LogP contribution in [0.15, 0.2) is 36.4 Å². The molecule has 3 rings (SSSR count). The Kier molecular flexibility index (Phi) is 4.56. The van der Waals surface area contributed by atoms with E-state index in [1.54, 1.807) is 0 Å². The molecule has 0 amide bonds. The van der Waals surface area contributed by atoms with Gasteiger partial charge in [0.2, 0.25) is 0 Å². The number of benzene rings is 1. The quantitative estimate of drug-likeness (QED) is 0.844. The van der Waals surface area contributed by atoms with E-state index in [0.717, 1.165) is 49.2 Å². The average molecular weight is 296 g/mol. The van der Waals surface area contributed by atoms with Crippen LogP contribution >= 0.6 is 0 Å². The number of rotatable bonds is 5. The van der Waals surface area contributed by atoms with Gasteiger partial charge < -0.3 is 9.80 Å². The maximum absolute atomic E-state index is 4.82. The van der Waals surface area contributed by atoms with Gasteiger partial charge in [-0.05, 0) is 26.7 Å². The topological polar surface area (TPSA) is 32.3 Å². The van der Waals surface area contributed by atoms with Crippen LogP contribution in [0.3, 0.4) is 0 Å². The predicted octanol–water partition coefficient (Wildman–Crippen LogP) is 3.59. The minimum absolute atomic E-state index is 0.826. The third kappa shape index (κ3) is 3.06. The molecule has 1 aromatic carbocycles. The normalized spacial score (nSPS) is 14.4. The van der Waals surface area contributed by atoms with Gasteiger partial charge in [0, 0.05) is 37.8 Å². The van der Waals surface area contributed by atoms with Crippen molar-refractivity contribution >= 4 is 11.6 Å². The van der Waals surface area contributed by atoms with E-state index in [1.165, 1.54) is 12.8 Å². The van der Waals surface area contributed by atoms with E-state index in [-0.39, 0.29) is 0 Å². The van der Waals surface area contributed by atoms with Gasteiger partial charge in [-0.3, -0.25) is 0 Å². The van der Waals surface area contributed by atoms with Crippen LogP contribution in [0.2, 0.25) is 0 Å². The fourth-order valence-corrected chi connectivity index (χ4v) is 2.96. The Bertz CT molecular complexity index is 581. The Morgan fingerprint density at radius 2 is 1.68 bits per heavy atom. The van der Waals surface area contributed by atoms with Gasteiger partial charge in [-0.2, -0.15) is 0 Å². The summed E-state index contributed by atoms with van der Waals surface area (Å²) >= 11 is 0. The fourth-order valence-electron chi connectivity index (χ4n) is 2.96. The molecule has 1 fully saturated rings. The number of hydrogen-bond donors (Lipinski definition) is 0. The van der Waals surface area contributed by atoms with Gasteiger partial charge in [0.25, 0.3) is 0 Å². The number of nitrogens with zero attached hydrogens (tertiary/aromatic N) is 4. The maximum Gasteiger partial charge on any atom is 0.163 e. The summed E-state index contributed by atoms with van der Waals surface area (Å²) in [6.45, 7) is 8.46. The van der Waals surface area contributed by atoms with Crippen molar-refractivity contribution in [2.75, 3.05) is 36.0 Å². The van der Waals surface area contributed by atoms with Crippen LogP contribution in [0.25, 0.3) is 11.4 Å². The van der Waals surface area contributed by atoms with E-state index in [2.05, 4.69) is 41.8 Å². The molecule has 116 valence electrons. The Morgan fingerprint density at radius 1 is 1.00 bits per heavy atom. The summed E-state index contributed by atoms with van der Waals surface area (Å²) in [5, 5.41) is 0. The second-order valence-electron chi connectivity index (χ2n) is 5.64. The molecule has 1 aliphatic heterocycles. The van der Waals surface area contributed by atoms with Gasteiger partial charge in [0.15, 0.2) is 5.82 Å². The fraction of sp³-hybridized carbons (Fsp3) is 0.444. The number of anilines is 2. The molecule has 0 spiro atoms. The molecule has 1 aliphatic rings. The SMILES string of the molecule is CCN(CC)c1cc(N2CCCC2)nc(-c2ccccc2)n1. The molecule has 22 heavy (non-hydrogen) atoms. The van der Waals surface area contributed by atoms with Crippen molar-refractivity contribution in [3.05, 3.63) is 36.4 Å². The first-order valence-corrected chi connectivity index (χ1v) is 8.26. The molecule has 4 heteroatoms. The van der Waals surface area contributed by atoms with Crippen molar-refractivity contribution in [3.63, 3.8) is 0 Å². The highest BCUT2D eigenvalue weighted by atomic mass is 15.2. The van der Waals surface area contributed by atoms with Gasteiger partial charge in [-0.25, -0.2) is 9.97 Å². The van der Waals surface area contributed by atoms with E-state index >= 15 is 0 Å². The van der Waals surface area contributed by atoms with Crippen molar-refractivity contribution in [3.8, 4) is 11.4 Å². The lowest BCUT2D eigenvalue weighted by atomic mass is 10.2. The summed E-state index contributed by atoms with van der Waals surface area (Å²) in [5.41, 5.74) is 1.08. The highest BCUT2D eigenvalue weighted by molar-refractivity contribution is 5.62. The summed E-state index contributed by atoms with van der Waals surface area (Å²) in [6, 6.07) is 12.4. The minimum Gasteiger partial charge on any atom is -0.357 e. The van der Waals surface area contributed by atoms with E-state index in [0.29, 0.717) is 0 Å². The molecule has 0 saturated carbocycles. The first-order valence-electron chi connectivity index (χ1n) is 8.26. The molecule has 2 heterocycles. The highest BCUT2D eigenvalue weighted by Crippen LogP contribution is 2.26.